The molecule has 0 fully saturated rings. The fourth-order valence-electron chi connectivity index (χ4n) is 2.85. The third-order valence-corrected chi connectivity index (χ3v) is 4.03. The lowest BCUT2D eigenvalue weighted by Gasteiger charge is -2.13. The number of anilines is 1. The molecule has 0 aliphatic heterocycles. The second-order valence-corrected chi connectivity index (χ2v) is 6.21. The molecule has 0 aliphatic rings. The van der Waals surface area contributed by atoms with Crippen LogP contribution in [0, 0.1) is 6.92 Å². The first-order valence-corrected chi connectivity index (χ1v) is 8.29. The predicted octanol–water partition coefficient (Wildman–Crippen LogP) is 4.44. The van der Waals surface area contributed by atoms with Crippen LogP contribution in [0.2, 0.25) is 0 Å². The molecule has 0 bridgehead atoms. The Labute approximate surface area is 148 Å². The highest BCUT2D eigenvalue weighted by molar-refractivity contribution is 5.91. The van der Waals surface area contributed by atoms with Crippen molar-refractivity contribution < 1.29 is 9.47 Å². The fourth-order valence-corrected chi connectivity index (χ4v) is 2.85. The van der Waals surface area contributed by atoms with Crippen LogP contribution in [-0.2, 0) is 0 Å². The Kier molecular flexibility index (Phi) is 4.74. The van der Waals surface area contributed by atoms with E-state index in [-0.39, 0.29) is 0 Å². The molecular weight excluding hydrogens is 314 g/mol. The maximum absolute atomic E-state index is 5.59. The minimum atomic E-state index is 0.313. The summed E-state index contributed by atoms with van der Waals surface area (Å²) in [4.78, 5) is 9.51. The molecule has 25 heavy (non-hydrogen) atoms. The van der Waals surface area contributed by atoms with E-state index in [4.69, 9.17) is 14.5 Å². The first kappa shape index (κ1) is 17.0. The van der Waals surface area contributed by atoms with E-state index < -0.39 is 0 Å². The van der Waals surface area contributed by atoms with Crippen molar-refractivity contribution in [2.45, 2.75) is 26.8 Å². The molecule has 0 radical (unpaired) electrons. The van der Waals surface area contributed by atoms with Crippen LogP contribution in [0.25, 0.3) is 22.3 Å². The quantitative estimate of drug-likeness (QED) is 0.746. The highest BCUT2D eigenvalue weighted by Crippen LogP contribution is 2.34. The summed E-state index contributed by atoms with van der Waals surface area (Å²) in [6.07, 6.45) is 0. The normalized spacial score (nSPS) is 11.0. The molecule has 0 atom stereocenters. The van der Waals surface area contributed by atoms with E-state index in [2.05, 4.69) is 24.1 Å². The summed E-state index contributed by atoms with van der Waals surface area (Å²) in [5.74, 6) is 2.41. The van der Waals surface area contributed by atoms with Crippen LogP contribution < -0.4 is 14.8 Å². The average Bonchev–Trinajstić information content (AvgIpc) is 2.61. The molecule has 3 rings (SSSR count). The van der Waals surface area contributed by atoms with Crippen molar-refractivity contribution in [3.05, 3.63) is 42.0 Å². The molecule has 0 aliphatic carbocycles. The maximum atomic E-state index is 5.59. The summed E-state index contributed by atoms with van der Waals surface area (Å²) in [6.45, 7) is 6.17. The minimum Gasteiger partial charge on any atom is -0.496 e. The highest BCUT2D eigenvalue weighted by Gasteiger charge is 2.13. The van der Waals surface area contributed by atoms with Gasteiger partial charge in [-0.3, -0.25) is 0 Å². The van der Waals surface area contributed by atoms with Crippen molar-refractivity contribution in [3.8, 4) is 22.9 Å². The van der Waals surface area contributed by atoms with Crippen LogP contribution in [0.3, 0.4) is 0 Å². The number of pyridine rings is 2. The van der Waals surface area contributed by atoms with Crippen molar-refractivity contribution in [2.24, 2.45) is 0 Å². The smallest absolute Gasteiger partial charge is 0.130 e. The highest BCUT2D eigenvalue weighted by atomic mass is 16.5. The SMILES string of the molecule is COc1ccc2c(OC)cc(-c3cccc(NC(C)C)n3)nc2c1C. The van der Waals surface area contributed by atoms with Crippen LogP contribution in [-0.4, -0.2) is 30.2 Å². The van der Waals surface area contributed by atoms with Gasteiger partial charge < -0.3 is 14.8 Å². The summed E-state index contributed by atoms with van der Waals surface area (Å²) < 4.78 is 11.0. The zero-order valence-electron chi connectivity index (χ0n) is 15.3. The zero-order chi connectivity index (χ0) is 18.0. The summed E-state index contributed by atoms with van der Waals surface area (Å²) in [6, 6.07) is 12.0. The lowest BCUT2D eigenvalue weighted by molar-refractivity contribution is 0.411. The zero-order valence-corrected chi connectivity index (χ0v) is 15.3. The lowest BCUT2D eigenvalue weighted by atomic mass is 10.1. The molecule has 0 spiro atoms. The monoisotopic (exact) mass is 337 g/mol. The third-order valence-electron chi connectivity index (χ3n) is 4.03. The second kappa shape index (κ2) is 6.97. The van der Waals surface area contributed by atoms with Gasteiger partial charge in [0.1, 0.15) is 17.3 Å². The van der Waals surface area contributed by atoms with E-state index in [1.165, 1.54) is 0 Å². The molecule has 5 heteroatoms. The van der Waals surface area contributed by atoms with Gasteiger partial charge in [-0.25, -0.2) is 9.97 Å². The van der Waals surface area contributed by atoms with Crippen molar-refractivity contribution in [1.82, 2.24) is 9.97 Å². The van der Waals surface area contributed by atoms with Crippen molar-refractivity contribution in [2.75, 3.05) is 19.5 Å². The Balaban J connectivity index is 2.18. The Bertz CT molecular complexity index is 907. The van der Waals surface area contributed by atoms with Gasteiger partial charge in [0.15, 0.2) is 0 Å². The first-order valence-electron chi connectivity index (χ1n) is 8.29. The topological polar surface area (TPSA) is 56.3 Å². The number of fused-ring (bicyclic) bond motifs is 1. The molecule has 0 saturated heterocycles. The molecule has 130 valence electrons. The number of aromatic nitrogens is 2. The van der Waals surface area contributed by atoms with Crippen LogP contribution in [0.4, 0.5) is 5.82 Å². The van der Waals surface area contributed by atoms with Gasteiger partial charge in [-0.05, 0) is 45.0 Å². The Morgan fingerprint density at radius 1 is 0.920 bits per heavy atom. The van der Waals surface area contributed by atoms with Crippen LogP contribution in [0.5, 0.6) is 11.5 Å². The first-order chi connectivity index (χ1) is 12.0. The fraction of sp³-hybridized carbons (Fsp3) is 0.300. The van der Waals surface area contributed by atoms with Crippen molar-refractivity contribution in [1.29, 1.82) is 0 Å². The molecular formula is C20H23N3O2. The van der Waals surface area contributed by atoms with Crippen molar-refractivity contribution in [3.63, 3.8) is 0 Å². The largest absolute Gasteiger partial charge is 0.496 e. The Hall–Kier alpha value is -2.82. The summed E-state index contributed by atoms with van der Waals surface area (Å²) in [5, 5.41) is 4.28. The van der Waals surface area contributed by atoms with E-state index in [1.54, 1.807) is 14.2 Å². The summed E-state index contributed by atoms with van der Waals surface area (Å²) in [5.41, 5.74) is 3.41. The number of nitrogens with zero attached hydrogens (tertiary/aromatic N) is 2. The predicted molar refractivity (Wildman–Crippen MR) is 102 cm³/mol. The molecule has 0 saturated carbocycles. The van der Waals surface area contributed by atoms with Gasteiger partial charge in [0.05, 0.1) is 31.1 Å². The number of hydrogen-bond acceptors (Lipinski definition) is 5. The minimum absolute atomic E-state index is 0.313. The molecule has 1 N–H and O–H groups in total. The van der Waals surface area contributed by atoms with Gasteiger partial charge in [0.25, 0.3) is 0 Å². The van der Waals surface area contributed by atoms with Gasteiger partial charge in [-0.2, -0.15) is 0 Å². The molecule has 1 aromatic carbocycles. The van der Waals surface area contributed by atoms with Crippen molar-refractivity contribution >= 4 is 16.7 Å². The van der Waals surface area contributed by atoms with Gasteiger partial charge in [0.2, 0.25) is 0 Å². The van der Waals surface area contributed by atoms with E-state index in [0.29, 0.717) is 6.04 Å². The average molecular weight is 337 g/mol. The molecule has 2 heterocycles. The Morgan fingerprint density at radius 3 is 2.36 bits per heavy atom. The molecule has 5 nitrogen and oxygen atoms in total. The lowest BCUT2D eigenvalue weighted by Crippen LogP contribution is -2.11. The number of aryl methyl sites for hydroxylation is 1. The van der Waals surface area contributed by atoms with Gasteiger partial charge in [-0.1, -0.05) is 6.07 Å². The molecule has 2 aromatic heterocycles. The van der Waals surface area contributed by atoms with Gasteiger partial charge in [0, 0.05) is 23.1 Å². The number of ether oxygens (including phenoxy) is 2. The van der Waals surface area contributed by atoms with E-state index in [9.17, 15) is 0 Å². The van der Waals surface area contributed by atoms with E-state index >= 15 is 0 Å². The number of nitrogens with one attached hydrogen (secondary N) is 1. The van der Waals surface area contributed by atoms with Crippen LogP contribution in [0.1, 0.15) is 19.4 Å². The molecule has 0 amide bonds. The van der Waals surface area contributed by atoms with E-state index in [0.717, 1.165) is 45.2 Å². The second-order valence-electron chi connectivity index (χ2n) is 6.21. The van der Waals surface area contributed by atoms with Crippen LogP contribution >= 0.6 is 0 Å². The maximum Gasteiger partial charge on any atom is 0.130 e. The Morgan fingerprint density at radius 2 is 1.68 bits per heavy atom. The molecule has 3 aromatic rings. The third kappa shape index (κ3) is 3.36. The standard InChI is InChI=1S/C20H23N3O2/c1-12(2)21-19-8-6-7-15(22-19)16-11-18(25-5)14-9-10-17(24-4)13(3)20(14)23-16/h6-12H,1-5H3,(H,21,22). The number of rotatable bonds is 5. The molecule has 0 unspecified atom stereocenters. The summed E-state index contributed by atoms with van der Waals surface area (Å²) >= 11 is 0. The van der Waals surface area contributed by atoms with Gasteiger partial charge >= 0.3 is 0 Å². The van der Waals surface area contributed by atoms with Gasteiger partial charge in [-0.15, -0.1) is 0 Å². The van der Waals surface area contributed by atoms with Crippen LogP contribution in [0.15, 0.2) is 36.4 Å². The number of methoxy groups -OCH3 is 2. The number of benzene rings is 1. The summed E-state index contributed by atoms with van der Waals surface area (Å²) in [7, 11) is 3.33. The van der Waals surface area contributed by atoms with E-state index in [1.807, 2.05) is 43.3 Å². The number of hydrogen-bond donors (Lipinski definition) is 1.